The summed E-state index contributed by atoms with van der Waals surface area (Å²) in [5.74, 6) is 1.61. The first-order chi connectivity index (χ1) is 23.7. The summed E-state index contributed by atoms with van der Waals surface area (Å²) in [6, 6.07) is 63.3. The Kier molecular flexibility index (Phi) is 8.88. The third-order valence-corrected chi connectivity index (χ3v) is 8.45. The molecule has 0 aliphatic rings. The van der Waals surface area contributed by atoms with E-state index in [9.17, 15) is 0 Å². The van der Waals surface area contributed by atoms with Gasteiger partial charge in [0, 0.05) is 46.3 Å². The molecule has 48 heavy (non-hydrogen) atoms. The van der Waals surface area contributed by atoms with Crippen LogP contribution in [0.2, 0.25) is 0 Å². The lowest BCUT2D eigenvalue weighted by Gasteiger charge is -2.29. The first kappa shape index (κ1) is 30.4. The summed E-state index contributed by atoms with van der Waals surface area (Å²) in [5.41, 5.74) is 10.9. The number of ether oxygens (including phenoxy) is 2. The molecule has 7 aromatic rings. The molecular weight excluding hydrogens is 588 g/mol. The molecule has 4 heteroatoms. The number of nitrogens with zero attached hydrogens (tertiary/aromatic N) is 2. The molecule has 0 fully saturated rings. The third-order valence-electron chi connectivity index (χ3n) is 8.45. The van der Waals surface area contributed by atoms with E-state index in [1.54, 1.807) is 14.2 Å². The van der Waals surface area contributed by atoms with Crippen molar-refractivity contribution in [3.8, 4) is 33.8 Å². The molecule has 0 amide bonds. The maximum atomic E-state index is 5.61. The second-order valence-corrected chi connectivity index (χ2v) is 11.4. The van der Waals surface area contributed by atoms with Crippen LogP contribution in [0, 0.1) is 0 Å². The Morgan fingerprint density at radius 3 is 0.938 bits per heavy atom. The molecule has 0 aliphatic carbocycles. The molecule has 0 aliphatic heterocycles. The third kappa shape index (κ3) is 6.51. The zero-order valence-corrected chi connectivity index (χ0v) is 27.0. The van der Waals surface area contributed by atoms with Crippen LogP contribution in [-0.2, 0) is 0 Å². The predicted octanol–water partition coefficient (Wildman–Crippen LogP) is 12.0. The van der Waals surface area contributed by atoms with E-state index in [-0.39, 0.29) is 0 Å². The van der Waals surface area contributed by atoms with Crippen LogP contribution < -0.4 is 19.3 Å². The summed E-state index contributed by atoms with van der Waals surface area (Å²) in [5, 5.41) is 0. The Balaban J connectivity index is 1.28. The molecular formula is C44H36N2O2. The Labute approximate surface area is 282 Å². The largest absolute Gasteiger partial charge is 0.497 e. The highest BCUT2D eigenvalue weighted by Gasteiger charge is 2.17. The lowest BCUT2D eigenvalue weighted by Crippen LogP contribution is -2.12. The molecule has 234 valence electrons. The van der Waals surface area contributed by atoms with Gasteiger partial charge >= 0.3 is 0 Å². The SMILES string of the molecule is COc1cccc(N(c2ccc(-c3ccccc3)cc2)c2ccc(N(c3ccc(-c4ccccc4)cc3)c3cccc(OC)c3)cc2)c1. The van der Waals surface area contributed by atoms with Gasteiger partial charge in [-0.2, -0.15) is 0 Å². The number of rotatable bonds is 10. The van der Waals surface area contributed by atoms with Crippen LogP contribution >= 0.6 is 0 Å². The predicted molar refractivity (Wildman–Crippen MR) is 200 cm³/mol. The fraction of sp³-hybridized carbons (Fsp3) is 0.0455. The van der Waals surface area contributed by atoms with Gasteiger partial charge in [-0.05, 0) is 95.1 Å². The Morgan fingerprint density at radius 1 is 0.292 bits per heavy atom. The first-order valence-electron chi connectivity index (χ1n) is 16.0. The van der Waals surface area contributed by atoms with E-state index < -0.39 is 0 Å². The van der Waals surface area contributed by atoms with E-state index in [4.69, 9.17) is 9.47 Å². The average molecular weight is 625 g/mol. The van der Waals surface area contributed by atoms with Gasteiger partial charge in [-0.3, -0.25) is 0 Å². The minimum atomic E-state index is 0.804. The van der Waals surface area contributed by atoms with Crippen molar-refractivity contribution in [2.24, 2.45) is 0 Å². The lowest BCUT2D eigenvalue weighted by atomic mass is 10.0. The standard InChI is InChI=1S/C44H36N2O2/c1-47-43-17-9-15-41(31-43)45(37-23-19-35(20-24-37)33-11-5-3-6-12-33)39-27-29-40(30-28-39)46(42-16-10-18-44(32-42)48-2)38-25-21-36(22-26-38)34-13-7-4-8-14-34/h3-32H,1-2H3. The van der Waals surface area contributed by atoms with Crippen molar-refractivity contribution in [1.29, 1.82) is 0 Å². The van der Waals surface area contributed by atoms with Crippen LogP contribution in [0.5, 0.6) is 11.5 Å². The van der Waals surface area contributed by atoms with Crippen LogP contribution in [-0.4, -0.2) is 14.2 Å². The maximum Gasteiger partial charge on any atom is 0.120 e. The lowest BCUT2D eigenvalue weighted by molar-refractivity contribution is 0.415. The molecule has 7 aromatic carbocycles. The Morgan fingerprint density at radius 2 is 0.604 bits per heavy atom. The van der Waals surface area contributed by atoms with Crippen LogP contribution in [0.25, 0.3) is 22.3 Å². The van der Waals surface area contributed by atoms with Crippen molar-refractivity contribution >= 4 is 34.1 Å². The van der Waals surface area contributed by atoms with E-state index in [0.717, 1.165) is 45.6 Å². The van der Waals surface area contributed by atoms with Crippen LogP contribution in [0.3, 0.4) is 0 Å². The molecule has 0 spiro atoms. The van der Waals surface area contributed by atoms with Crippen LogP contribution in [0.15, 0.2) is 182 Å². The smallest absolute Gasteiger partial charge is 0.120 e. The fourth-order valence-corrected chi connectivity index (χ4v) is 6.01. The molecule has 0 aromatic heterocycles. The molecule has 0 unspecified atom stereocenters. The average Bonchev–Trinajstić information content (AvgIpc) is 3.17. The molecule has 0 heterocycles. The quantitative estimate of drug-likeness (QED) is 0.151. The van der Waals surface area contributed by atoms with Gasteiger partial charge in [-0.25, -0.2) is 0 Å². The van der Waals surface area contributed by atoms with Crippen molar-refractivity contribution in [3.63, 3.8) is 0 Å². The number of hydrogen-bond donors (Lipinski definition) is 0. The van der Waals surface area contributed by atoms with Crippen molar-refractivity contribution in [2.75, 3.05) is 24.0 Å². The minimum absolute atomic E-state index is 0.804. The van der Waals surface area contributed by atoms with Crippen LogP contribution in [0.4, 0.5) is 34.1 Å². The highest BCUT2D eigenvalue weighted by Crippen LogP contribution is 2.41. The topological polar surface area (TPSA) is 24.9 Å². The van der Waals surface area contributed by atoms with E-state index in [1.165, 1.54) is 22.3 Å². The van der Waals surface area contributed by atoms with Gasteiger partial charge in [0.1, 0.15) is 11.5 Å². The van der Waals surface area contributed by atoms with Crippen molar-refractivity contribution < 1.29 is 9.47 Å². The zero-order valence-electron chi connectivity index (χ0n) is 27.0. The summed E-state index contributed by atoms with van der Waals surface area (Å²) >= 11 is 0. The van der Waals surface area contributed by atoms with Crippen molar-refractivity contribution in [2.45, 2.75) is 0 Å². The number of anilines is 6. The van der Waals surface area contributed by atoms with Gasteiger partial charge in [-0.15, -0.1) is 0 Å². The highest BCUT2D eigenvalue weighted by atomic mass is 16.5. The van der Waals surface area contributed by atoms with Crippen LogP contribution in [0.1, 0.15) is 0 Å². The first-order valence-corrected chi connectivity index (χ1v) is 16.0. The summed E-state index contributed by atoms with van der Waals surface area (Å²) < 4.78 is 11.2. The summed E-state index contributed by atoms with van der Waals surface area (Å²) in [4.78, 5) is 4.51. The van der Waals surface area contributed by atoms with Gasteiger partial charge in [-0.1, -0.05) is 97.1 Å². The second-order valence-electron chi connectivity index (χ2n) is 11.4. The number of hydrogen-bond acceptors (Lipinski definition) is 4. The molecule has 0 N–H and O–H groups in total. The van der Waals surface area contributed by atoms with Gasteiger partial charge in [0.15, 0.2) is 0 Å². The Hall–Kier alpha value is -6.26. The second kappa shape index (κ2) is 14.0. The Bertz CT molecular complexity index is 1920. The van der Waals surface area contributed by atoms with E-state index in [1.807, 2.05) is 36.4 Å². The number of benzene rings is 7. The molecule has 0 atom stereocenters. The summed E-state index contributed by atoms with van der Waals surface area (Å²) in [6.07, 6.45) is 0. The van der Waals surface area contributed by atoms with Crippen molar-refractivity contribution in [3.05, 3.63) is 182 Å². The van der Waals surface area contributed by atoms with Gasteiger partial charge < -0.3 is 19.3 Å². The number of methoxy groups -OCH3 is 2. The molecule has 0 bridgehead atoms. The van der Waals surface area contributed by atoms with Gasteiger partial charge in [0.2, 0.25) is 0 Å². The zero-order chi connectivity index (χ0) is 32.7. The monoisotopic (exact) mass is 624 g/mol. The molecule has 7 rings (SSSR count). The molecule has 4 nitrogen and oxygen atoms in total. The molecule has 0 saturated carbocycles. The minimum Gasteiger partial charge on any atom is -0.497 e. The fourth-order valence-electron chi connectivity index (χ4n) is 6.01. The van der Waals surface area contributed by atoms with Gasteiger partial charge in [0.25, 0.3) is 0 Å². The van der Waals surface area contributed by atoms with E-state index in [2.05, 4.69) is 155 Å². The highest BCUT2D eigenvalue weighted by molar-refractivity contribution is 5.83. The summed E-state index contributed by atoms with van der Waals surface area (Å²) in [6.45, 7) is 0. The van der Waals surface area contributed by atoms with E-state index in [0.29, 0.717) is 0 Å². The summed E-state index contributed by atoms with van der Waals surface area (Å²) in [7, 11) is 3.40. The van der Waals surface area contributed by atoms with Crippen molar-refractivity contribution in [1.82, 2.24) is 0 Å². The molecule has 0 saturated heterocycles. The maximum absolute atomic E-state index is 5.61. The molecule has 0 radical (unpaired) electrons. The van der Waals surface area contributed by atoms with E-state index >= 15 is 0 Å². The van der Waals surface area contributed by atoms with Gasteiger partial charge in [0.05, 0.1) is 14.2 Å². The normalized spacial score (nSPS) is 10.7.